The third-order valence-electron chi connectivity index (χ3n) is 7.30. The highest BCUT2D eigenvalue weighted by atomic mass is 16.2. The SMILES string of the molecule is Cc1ccc2c(c1)[C@H]1C[C@@H]3[C@@H](CCCN3C(=O)NCCc3ccccc3)C(=O)N1CC2. The van der Waals surface area contributed by atoms with Crippen molar-refractivity contribution >= 4 is 11.9 Å². The van der Waals surface area contributed by atoms with Crippen LogP contribution in [0.3, 0.4) is 0 Å². The van der Waals surface area contributed by atoms with Gasteiger partial charge in [0.25, 0.3) is 0 Å². The lowest BCUT2D eigenvalue weighted by atomic mass is 9.76. The second-order valence-corrected chi connectivity index (χ2v) is 9.21. The van der Waals surface area contributed by atoms with Gasteiger partial charge in [0.1, 0.15) is 0 Å². The lowest BCUT2D eigenvalue weighted by Crippen LogP contribution is -2.61. The normalized spacial score (nSPS) is 24.8. The Kier molecular flexibility index (Phi) is 5.43. The number of amides is 3. The highest BCUT2D eigenvalue weighted by molar-refractivity contribution is 5.83. The van der Waals surface area contributed by atoms with Crippen molar-refractivity contribution in [1.82, 2.24) is 15.1 Å². The summed E-state index contributed by atoms with van der Waals surface area (Å²) in [7, 11) is 0. The first kappa shape index (κ1) is 20.1. The molecule has 0 aromatic heterocycles. The third-order valence-corrected chi connectivity index (χ3v) is 7.30. The monoisotopic (exact) mass is 417 g/mol. The fraction of sp³-hybridized carbons (Fsp3) is 0.462. The van der Waals surface area contributed by atoms with Crippen LogP contribution in [0.2, 0.25) is 0 Å². The zero-order valence-corrected chi connectivity index (χ0v) is 18.2. The van der Waals surface area contributed by atoms with E-state index in [9.17, 15) is 9.59 Å². The molecule has 0 spiro atoms. The van der Waals surface area contributed by atoms with Gasteiger partial charge in [0.05, 0.1) is 12.0 Å². The minimum absolute atomic E-state index is 0.00862. The van der Waals surface area contributed by atoms with E-state index in [1.165, 1.54) is 22.3 Å². The van der Waals surface area contributed by atoms with E-state index in [1.807, 2.05) is 23.1 Å². The van der Waals surface area contributed by atoms with Crippen LogP contribution < -0.4 is 5.32 Å². The Morgan fingerprint density at radius 1 is 1.13 bits per heavy atom. The van der Waals surface area contributed by atoms with E-state index in [0.29, 0.717) is 6.54 Å². The average molecular weight is 418 g/mol. The Balaban J connectivity index is 1.32. The van der Waals surface area contributed by atoms with Crippen LogP contribution in [-0.4, -0.2) is 47.4 Å². The van der Waals surface area contributed by atoms with Gasteiger partial charge >= 0.3 is 6.03 Å². The van der Waals surface area contributed by atoms with E-state index in [2.05, 4.69) is 47.5 Å². The maximum Gasteiger partial charge on any atom is 0.317 e. The molecule has 2 saturated heterocycles. The molecule has 31 heavy (non-hydrogen) atoms. The van der Waals surface area contributed by atoms with Gasteiger partial charge in [-0.25, -0.2) is 4.79 Å². The van der Waals surface area contributed by atoms with Crippen LogP contribution in [0.5, 0.6) is 0 Å². The van der Waals surface area contributed by atoms with E-state index < -0.39 is 0 Å². The molecule has 0 unspecified atom stereocenters. The van der Waals surface area contributed by atoms with E-state index in [-0.39, 0.29) is 29.9 Å². The minimum atomic E-state index is -0.0590. The molecule has 3 aliphatic heterocycles. The van der Waals surface area contributed by atoms with Crippen LogP contribution in [0, 0.1) is 12.8 Å². The quantitative estimate of drug-likeness (QED) is 0.825. The number of urea groups is 1. The lowest BCUT2D eigenvalue weighted by Gasteiger charge is -2.51. The fourth-order valence-corrected chi connectivity index (χ4v) is 5.73. The van der Waals surface area contributed by atoms with Gasteiger partial charge in [0, 0.05) is 25.7 Å². The second-order valence-electron chi connectivity index (χ2n) is 9.21. The number of carbonyl (C=O) groups is 2. The first-order valence-electron chi connectivity index (χ1n) is 11.6. The molecule has 3 heterocycles. The van der Waals surface area contributed by atoms with E-state index in [4.69, 9.17) is 0 Å². The molecule has 5 nitrogen and oxygen atoms in total. The van der Waals surface area contributed by atoms with Gasteiger partial charge in [-0.1, -0.05) is 54.1 Å². The van der Waals surface area contributed by atoms with Crippen molar-refractivity contribution in [1.29, 1.82) is 0 Å². The van der Waals surface area contributed by atoms with Crippen molar-refractivity contribution in [3.8, 4) is 0 Å². The van der Waals surface area contributed by atoms with Crippen molar-refractivity contribution in [2.24, 2.45) is 5.92 Å². The summed E-state index contributed by atoms with van der Waals surface area (Å²) in [5, 5.41) is 3.11. The summed E-state index contributed by atoms with van der Waals surface area (Å²) in [6.45, 7) is 4.26. The zero-order chi connectivity index (χ0) is 21.4. The molecule has 5 heteroatoms. The van der Waals surface area contributed by atoms with E-state index in [0.717, 1.165) is 45.2 Å². The maximum atomic E-state index is 13.4. The van der Waals surface area contributed by atoms with Crippen LogP contribution in [-0.2, 0) is 17.6 Å². The van der Waals surface area contributed by atoms with Gasteiger partial charge in [-0.2, -0.15) is 0 Å². The fourth-order valence-electron chi connectivity index (χ4n) is 5.73. The van der Waals surface area contributed by atoms with Crippen molar-refractivity contribution in [2.45, 2.75) is 51.1 Å². The number of nitrogens with zero attached hydrogens (tertiary/aromatic N) is 2. The molecule has 0 saturated carbocycles. The first-order chi connectivity index (χ1) is 15.1. The summed E-state index contributed by atoms with van der Waals surface area (Å²) in [5.74, 6) is 0.187. The number of fused-ring (bicyclic) bond motifs is 4. The second kappa shape index (κ2) is 8.37. The van der Waals surface area contributed by atoms with Crippen molar-refractivity contribution in [2.75, 3.05) is 19.6 Å². The lowest BCUT2D eigenvalue weighted by molar-refractivity contribution is -0.148. The van der Waals surface area contributed by atoms with Crippen LogP contribution >= 0.6 is 0 Å². The molecule has 0 radical (unpaired) electrons. The Morgan fingerprint density at radius 3 is 2.81 bits per heavy atom. The van der Waals surface area contributed by atoms with Gasteiger partial charge < -0.3 is 15.1 Å². The number of nitrogens with one attached hydrogen (secondary N) is 1. The van der Waals surface area contributed by atoms with Crippen LogP contribution in [0.1, 0.15) is 47.6 Å². The number of hydrogen-bond donors (Lipinski definition) is 1. The maximum absolute atomic E-state index is 13.4. The van der Waals surface area contributed by atoms with Crippen molar-refractivity contribution < 1.29 is 9.59 Å². The molecular weight excluding hydrogens is 386 g/mol. The highest BCUT2D eigenvalue weighted by Crippen LogP contribution is 2.43. The summed E-state index contributed by atoms with van der Waals surface area (Å²) in [6, 6.07) is 16.9. The highest BCUT2D eigenvalue weighted by Gasteiger charge is 2.48. The van der Waals surface area contributed by atoms with Crippen LogP contribution in [0.25, 0.3) is 0 Å². The number of hydrogen-bond acceptors (Lipinski definition) is 2. The Labute approximate surface area is 184 Å². The molecule has 0 aliphatic carbocycles. The first-order valence-corrected chi connectivity index (χ1v) is 11.6. The predicted octanol–water partition coefficient (Wildman–Crippen LogP) is 3.86. The summed E-state index contributed by atoms with van der Waals surface area (Å²) >= 11 is 0. The predicted molar refractivity (Wildman–Crippen MR) is 121 cm³/mol. The Bertz CT molecular complexity index is 974. The molecule has 162 valence electrons. The molecule has 2 fully saturated rings. The number of rotatable bonds is 3. The Morgan fingerprint density at radius 2 is 1.97 bits per heavy atom. The van der Waals surface area contributed by atoms with Crippen molar-refractivity contribution in [3.05, 3.63) is 70.8 Å². The van der Waals surface area contributed by atoms with Gasteiger partial charge in [0.15, 0.2) is 0 Å². The average Bonchev–Trinajstić information content (AvgIpc) is 2.79. The molecule has 5 rings (SSSR count). The third kappa shape index (κ3) is 3.82. The topological polar surface area (TPSA) is 52.7 Å². The van der Waals surface area contributed by atoms with Crippen LogP contribution in [0.15, 0.2) is 48.5 Å². The van der Waals surface area contributed by atoms with E-state index in [1.54, 1.807) is 0 Å². The summed E-state index contributed by atoms with van der Waals surface area (Å²) in [6.07, 6.45) is 4.38. The number of aryl methyl sites for hydroxylation is 1. The number of likely N-dealkylation sites (tertiary alicyclic amines) is 1. The largest absolute Gasteiger partial charge is 0.338 e. The molecule has 2 aromatic carbocycles. The summed E-state index contributed by atoms with van der Waals surface area (Å²) < 4.78 is 0. The molecule has 0 bridgehead atoms. The number of benzene rings is 2. The minimum Gasteiger partial charge on any atom is -0.338 e. The van der Waals surface area contributed by atoms with Gasteiger partial charge in [0.2, 0.25) is 5.91 Å². The molecule has 1 N–H and O–H groups in total. The number of carbonyl (C=O) groups excluding carboxylic acids is 2. The molecule has 2 aromatic rings. The smallest absolute Gasteiger partial charge is 0.317 e. The standard InChI is InChI=1S/C26H31N3O2/c1-18-9-10-20-12-15-28-24(22(20)16-18)17-23-21(25(28)30)8-5-14-29(23)26(31)27-13-11-19-6-3-2-4-7-19/h2-4,6-7,9-10,16,21,23-24H,5,8,11-15,17H2,1H3,(H,27,31)/t21-,23-,24-/m1/s1. The van der Waals surface area contributed by atoms with Crippen molar-refractivity contribution in [3.63, 3.8) is 0 Å². The van der Waals surface area contributed by atoms with E-state index >= 15 is 0 Å². The zero-order valence-electron chi connectivity index (χ0n) is 18.2. The van der Waals surface area contributed by atoms with Gasteiger partial charge in [-0.05, 0) is 55.7 Å². The van der Waals surface area contributed by atoms with Gasteiger partial charge in [-0.3, -0.25) is 4.79 Å². The van der Waals surface area contributed by atoms with Crippen LogP contribution in [0.4, 0.5) is 4.79 Å². The molecule has 3 aliphatic rings. The summed E-state index contributed by atoms with van der Waals surface area (Å²) in [4.78, 5) is 30.6. The van der Waals surface area contributed by atoms with Gasteiger partial charge in [-0.15, -0.1) is 0 Å². The Hall–Kier alpha value is -2.82. The molecule has 3 amide bonds. The molecule has 3 atom stereocenters. The number of piperidine rings is 2. The summed E-state index contributed by atoms with van der Waals surface area (Å²) in [5.41, 5.74) is 5.09. The molecular formula is C26H31N3O2.